The molecule has 2 aromatic rings. The summed E-state index contributed by atoms with van der Waals surface area (Å²) in [6.45, 7) is 5.34. The topological polar surface area (TPSA) is 38.0 Å². The van der Waals surface area contributed by atoms with E-state index in [9.17, 15) is 0 Å². The van der Waals surface area contributed by atoms with Crippen molar-refractivity contribution in [1.82, 2.24) is 5.32 Å². The lowest BCUT2D eigenvalue weighted by atomic mass is 9.79. The minimum Gasteiger partial charge on any atom is -0.326 e. The Morgan fingerprint density at radius 1 is 0.952 bits per heavy atom. The lowest BCUT2D eigenvalue weighted by Crippen LogP contribution is -2.55. The summed E-state index contributed by atoms with van der Waals surface area (Å²) in [6, 6.07) is 17.4. The molecular weight excluding hydrogens is 256 g/mol. The van der Waals surface area contributed by atoms with Gasteiger partial charge in [0.2, 0.25) is 0 Å². The van der Waals surface area contributed by atoms with Crippen LogP contribution in [0.3, 0.4) is 0 Å². The van der Waals surface area contributed by atoms with E-state index in [0.717, 1.165) is 19.4 Å². The zero-order chi connectivity index (χ0) is 14.9. The smallest absolute Gasteiger partial charge is 0.0856 e. The van der Waals surface area contributed by atoms with Gasteiger partial charge in [-0.2, -0.15) is 0 Å². The Hall–Kier alpha value is -1.64. The monoisotopic (exact) mass is 280 g/mol. The largest absolute Gasteiger partial charge is 0.326 e. The van der Waals surface area contributed by atoms with Crippen molar-refractivity contribution in [2.45, 2.75) is 38.3 Å². The second-order valence-electron chi connectivity index (χ2n) is 5.84. The lowest BCUT2D eigenvalue weighted by molar-refractivity contribution is 0.328. The summed E-state index contributed by atoms with van der Waals surface area (Å²) in [6.07, 6.45) is 2.04. The van der Waals surface area contributed by atoms with Gasteiger partial charge in [0.1, 0.15) is 0 Å². The van der Waals surface area contributed by atoms with Gasteiger partial charge in [0.05, 0.1) is 5.54 Å². The van der Waals surface area contributed by atoms with Gasteiger partial charge >= 0.3 is 0 Å². The zero-order valence-electron chi connectivity index (χ0n) is 12.9. The zero-order valence-corrected chi connectivity index (χ0v) is 12.9. The number of fused-ring (bicyclic) bond motifs is 3. The second-order valence-corrected chi connectivity index (χ2v) is 5.84. The second kappa shape index (κ2) is 5.63. The van der Waals surface area contributed by atoms with E-state index in [1.807, 2.05) is 0 Å². The molecule has 1 atom stereocenters. The average molecular weight is 280 g/mol. The first kappa shape index (κ1) is 14.3. The minimum atomic E-state index is -0.252. The van der Waals surface area contributed by atoms with Crippen molar-refractivity contribution in [3.8, 4) is 11.1 Å². The van der Waals surface area contributed by atoms with Crippen LogP contribution in [0, 0.1) is 0 Å². The van der Waals surface area contributed by atoms with Gasteiger partial charge in [-0.3, -0.25) is 0 Å². The highest BCUT2D eigenvalue weighted by Crippen LogP contribution is 2.49. The summed E-state index contributed by atoms with van der Waals surface area (Å²) >= 11 is 0. The number of nitrogens with two attached hydrogens (primary N) is 1. The fourth-order valence-electron chi connectivity index (χ4n) is 3.62. The summed E-state index contributed by atoms with van der Waals surface area (Å²) in [7, 11) is 0. The van der Waals surface area contributed by atoms with Crippen LogP contribution < -0.4 is 11.1 Å². The third kappa shape index (κ3) is 2.02. The number of benzene rings is 2. The quantitative estimate of drug-likeness (QED) is 0.877. The van der Waals surface area contributed by atoms with Crippen LogP contribution in [0.4, 0.5) is 0 Å². The van der Waals surface area contributed by atoms with E-state index in [0.29, 0.717) is 0 Å². The fourth-order valence-corrected chi connectivity index (χ4v) is 3.62. The Morgan fingerprint density at radius 3 is 1.95 bits per heavy atom. The standard InChI is InChI=1S/C19H24N2/c1-3-13-21-19(18(20)4-2)16-11-7-5-9-14(16)15-10-6-8-12-17(15)19/h5-12,18,21H,3-4,13,20H2,1-2H3. The summed E-state index contributed by atoms with van der Waals surface area (Å²) in [5.74, 6) is 0. The molecule has 0 bridgehead atoms. The first-order chi connectivity index (χ1) is 10.3. The summed E-state index contributed by atoms with van der Waals surface area (Å²) in [5, 5.41) is 3.78. The first-order valence-electron chi connectivity index (χ1n) is 7.95. The van der Waals surface area contributed by atoms with Crippen LogP contribution in [-0.4, -0.2) is 12.6 Å². The van der Waals surface area contributed by atoms with Gasteiger partial charge in [0.15, 0.2) is 0 Å². The third-order valence-corrected chi connectivity index (χ3v) is 4.64. The Bertz CT molecular complexity index is 587. The molecule has 0 saturated heterocycles. The maximum Gasteiger partial charge on any atom is 0.0856 e. The van der Waals surface area contributed by atoms with Crippen LogP contribution in [0.2, 0.25) is 0 Å². The molecule has 2 nitrogen and oxygen atoms in total. The third-order valence-electron chi connectivity index (χ3n) is 4.64. The molecule has 3 rings (SSSR count). The fraction of sp³-hybridized carbons (Fsp3) is 0.368. The van der Waals surface area contributed by atoms with Crippen molar-refractivity contribution in [3.63, 3.8) is 0 Å². The van der Waals surface area contributed by atoms with Crippen LogP contribution >= 0.6 is 0 Å². The van der Waals surface area contributed by atoms with Crippen LogP contribution in [0.5, 0.6) is 0 Å². The summed E-state index contributed by atoms with van der Waals surface area (Å²) in [4.78, 5) is 0. The molecule has 0 aromatic heterocycles. The molecule has 21 heavy (non-hydrogen) atoms. The van der Waals surface area contributed by atoms with Crippen molar-refractivity contribution in [2.75, 3.05) is 6.54 Å². The molecule has 1 unspecified atom stereocenters. The highest BCUT2D eigenvalue weighted by molar-refractivity contribution is 5.81. The maximum absolute atomic E-state index is 6.62. The maximum atomic E-state index is 6.62. The molecule has 0 aliphatic heterocycles. The van der Waals surface area contributed by atoms with E-state index in [-0.39, 0.29) is 11.6 Å². The summed E-state index contributed by atoms with van der Waals surface area (Å²) in [5.41, 5.74) is 11.7. The molecule has 0 fully saturated rings. The van der Waals surface area contributed by atoms with Crippen molar-refractivity contribution in [2.24, 2.45) is 5.73 Å². The molecule has 1 aliphatic carbocycles. The minimum absolute atomic E-state index is 0.0637. The normalized spacial score (nSPS) is 16.3. The Labute approximate surface area is 127 Å². The van der Waals surface area contributed by atoms with Crippen LogP contribution in [0.1, 0.15) is 37.8 Å². The van der Waals surface area contributed by atoms with E-state index in [1.165, 1.54) is 22.3 Å². The molecule has 0 saturated carbocycles. The van der Waals surface area contributed by atoms with E-state index in [2.05, 4.69) is 67.7 Å². The van der Waals surface area contributed by atoms with E-state index in [4.69, 9.17) is 5.73 Å². The highest BCUT2D eigenvalue weighted by Gasteiger charge is 2.46. The predicted molar refractivity (Wildman–Crippen MR) is 89.2 cm³/mol. The predicted octanol–water partition coefficient (Wildman–Crippen LogP) is 3.65. The van der Waals surface area contributed by atoms with Crippen molar-refractivity contribution < 1.29 is 0 Å². The molecule has 0 amide bonds. The highest BCUT2D eigenvalue weighted by atomic mass is 15.0. The average Bonchev–Trinajstić information content (AvgIpc) is 2.84. The van der Waals surface area contributed by atoms with Gasteiger partial charge in [0, 0.05) is 6.04 Å². The van der Waals surface area contributed by atoms with Crippen molar-refractivity contribution >= 4 is 0 Å². The molecule has 0 spiro atoms. The molecule has 2 heteroatoms. The molecule has 0 heterocycles. The molecule has 1 aliphatic rings. The van der Waals surface area contributed by atoms with Crippen molar-refractivity contribution in [3.05, 3.63) is 59.7 Å². The number of hydrogen-bond donors (Lipinski definition) is 2. The number of hydrogen-bond acceptors (Lipinski definition) is 2. The SMILES string of the molecule is CCCNC1(C(N)CC)c2ccccc2-c2ccccc21. The molecule has 2 aromatic carbocycles. The van der Waals surface area contributed by atoms with E-state index < -0.39 is 0 Å². The molecule has 3 N–H and O–H groups in total. The molecule has 0 radical (unpaired) electrons. The van der Waals surface area contributed by atoms with Gasteiger partial charge in [-0.05, 0) is 41.6 Å². The molecular formula is C19H24N2. The molecule has 110 valence electrons. The lowest BCUT2D eigenvalue weighted by Gasteiger charge is -2.38. The Morgan fingerprint density at radius 2 is 1.48 bits per heavy atom. The van der Waals surface area contributed by atoms with E-state index >= 15 is 0 Å². The van der Waals surface area contributed by atoms with Crippen LogP contribution in [-0.2, 0) is 5.54 Å². The van der Waals surface area contributed by atoms with Gasteiger partial charge in [-0.1, -0.05) is 62.4 Å². The first-order valence-corrected chi connectivity index (χ1v) is 7.95. The van der Waals surface area contributed by atoms with Crippen LogP contribution in [0.25, 0.3) is 11.1 Å². The Balaban J connectivity index is 2.27. The summed E-state index contributed by atoms with van der Waals surface area (Å²) < 4.78 is 0. The van der Waals surface area contributed by atoms with Gasteiger partial charge in [-0.15, -0.1) is 0 Å². The van der Waals surface area contributed by atoms with Crippen LogP contribution in [0.15, 0.2) is 48.5 Å². The van der Waals surface area contributed by atoms with Crippen molar-refractivity contribution in [1.29, 1.82) is 0 Å². The van der Waals surface area contributed by atoms with Gasteiger partial charge in [-0.25, -0.2) is 0 Å². The number of nitrogens with one attached hydrogen (secondary N) is 1. The number of rotatable bonds is 5. The Kier molecular flexibility index (Phi) is 3.83. The van der Waals surface area contributed by atoms with Gasteiger partial charge < -0.3 is 11.1 Å². The van der Waals surface area contributed by atoms with Gasteiger partial charge in [0.25, 0.3) is 0 Å². The van der Waals surface area contributed by atoms with E-state index in [1.54, 1.807) is 0 Å².